The summed E-state index contributed by atoms with van der Waals surface area (Å²) in [4.78, 5) is 13.6. The molecular weight excluding hydrogens is 394 g/mol. The molecule has 156 valence electrons. The van der Waals surface area contributed by atoms with Gasteiger partial charge in [-0.05, 0) is 72.8 Å². The summed E-state index contributed by atoms with van der Waals surface area (Å²) < 4.78 is 10.0. The van der Waals surface area contributed by atoms with Gasteiger partial charge in [0.25, 0.3) is 0 Å². The summed E-state index contributed by atoms with van der Waals surface area (Å²) in [5.41, 5.74) is 4.41. The number of benzene rings is 3. The van der Waals surface area contributed by atoms with Gasteiger partial charge in [0.05, 0.1) is 42.0 Å². The first-order chi connectivity index (χ1) is 15.2. The third kappa shape index (κ3) is 5.37. The highest BCUT2D eigenvalue weighted by atomic mass is 16.5. The molecule has 0 radical (unpaired) electrons. The molecule has 8 nitrogen and oxygen atoms in total. The summed E-state index contributed by atoms with van der Waals surface area (Å²) in [5, 5.41) is 16.9. The maximum Gasteiger partial charge on any atom is 0.337 e. The number of carbonyl (C=O) groups excluding carboxylic acids is 1. The predicted molar refractivity (Wildman–Crippen MR) is 117 cm³/mol. The van der Waals surface area contributed by atoms with Gasteiger partial charge in [-0.1, -0.05) is 0 Å². The average Bonchev–Trinajstić information content (AvgIpc) is 3.37. The van der Waals surface area contributed by atoms with Gasteiger partial charge in [-0.25, -0.2) is 4.79 Å². The van der Waals surface area contributed by atoms with Crippen molar-refractivity contribution in [3.05, 3.63) is 78.4 Å². The van der Waals surface area contributed by atoms with Crippen LogP contribution in [0.5, 0.6) is 0 Å². The molecule has 1 heterocycles. The van der Waals surface area contributed by atoms with Crippen LogP contribution in [-0.4, -0.2) is 33.0 Å². The van der Waals surface area contributed by atoms with Gasteiger partial charge < -0.3 is 14.4 Å². The fraction of sp³-hybridized carbons (Fsp3) is 0.174. The fourth-order valence-electron chi connectivity index (χ4n) is 2.95. The highest BCUT2D eigenvalue weighted by molar-refractivity contribution is 5.89. The summed E-state index contributed by atoms with van der Waals surface area (Å²) in [6.07, 6.45) is 0. The van der Waals surface area contributed by atoms with Crippen molar-refractivity contribution in [1.29, 1.82) is 0 Å². The van der Waals surface area contributed by atoms with E-state index in [1.165, 1.54) is 7.11 Å². The maximum atomic E-state index is 11.4. The van der Waals surface area contributed by atoms with E-state index in [0.29, 0.717) is 23.7 Å². The third-order valence-electron chi connectivity index (χ3n) is 4.67. The Morgan fingerprint density at radius 3 is 1.65 bits per heavy atom. The van der Waals surface area contributed by atoms with Gasteiger partial charge in [0.2, 0.25) is 0 Å². The van der Waals surface area contributed by atoms with Crippen LogP contribution in [0.3, 0.4) is 0 Å². The Hall–Kier alpha value is -3.91. The highest BCUT2D eigenvalue weighted by Crippen LogP contribution is 2.25. The molecule has 0 N–H and O–H groups in total. The molecular formula is C23H21N5O3. The number of carbonyl (C=O) groups is 1. The number of hydrogen-bond donors (Lipinski definition) is 0. The number of ether oxygens (including phenoxy) is 2. The molecule has 3 aromatic rings. The average molecular weight is 415 g/mol. The van der Waals surface area contributed by atoms with Crippen molar-refractivity contribution in [2.45, 2.75) is 0 Å². The number of nitrogens with zero attached hydrogens (tertiary/aromatic N) is 5. The molecule has 0 bridgehead atoms. The largest absolute Gasteiger partial charge is 0.465 e. The molecule has 0 saturated carbocycles. The van der Waals surface area contributed by atoms with Crippen LogP contribution < -0.4 is 4.90 Å². The van der Waals surface area contributed by atoms with Crippen LogP contribution in [-0.2, 0) is 9.47 Å². The molecule has 1 aliphatic rings. The van der Waals surface area contributed by atoms with E-state index in [2.05, 4.69) is 30.1 Å². The molecule has 0 atom stereocenters. The van der Waals surface area contributed by atoms with Gasteiger partial charge in [-0.2, -0.15) is 20.5 Å². The highest BCUT2D eigenvalue weighted by Gasteiger charge is 2.11. The third-order valence-corrected chi connectivity index (χ3v) is 4.67. The lowest BCUT2D eigenvalue weighted by Crippen LogP contribution is -2.17. The Morgan fingerprint density at radius 2 is 1.23 bits per heavy atom. The SMILES string of the molecule is COC(=O)c1ccc(N=Nc2ccc(N=Nc3ccc(N4CCOC4)cc3)cc2)cc1. The van der Waals surface area contributed by atoms with Gasteiger partial charge in [0, 0.05) is 12.2 Å². The molecule has 0 amide bonds. The zero-order valence-electron chi connectivity index (χ0n) is 17.0. The number of methoxy groups -OCH3 is 1. The minimum Gasteiger partial charge on any atom is -0.465 e. The zero-order valence-corrected chi connectivity index (χ0v) is 17.0. The number of anilines is 1. The van der Waals surface area contributed by atoms with E-state index in [0.717, 1.165) is 30.2 Å². The smallest absolute Gasteiger partial charge is 0.337 e. The van der Waals surface area contributed by atoms with Gasteiger partial charge >= 0.3 is 5.97 Å². The quantitative estimate of drug-likeness (QED) is 0.359. The van der Waals surface area contributed by atoms with Crippen LogP contribution in [0.25, 0.3) is 0 Å². The lowest BCUT2D eigenvalue weighted by atomic mass is 10.2. The first-order valence-corrected chi connectivity index (χ1v) is 9.76. The number of azo groups is 2. The van der Waals surface area contributed by atoms with E-state index in [9.17, 15) is 4.79 Å². The Labute approximate surface area is 179 Å². The van der Waals surface area contributed by atoms with E-state index >= 15 is 0 Å². The summed E-state index contributed by atoms with van der Waals surface area (Å²) >= 11 is 0. The standard InChI is InChI=1S/C23H21N5O3/c1-30-23(29)17-2-4-18(5-3-17)24-25-19-6-8-20(9-7-19)26-27-21-10-12-22(13-11-21)28-14-15-31-16-28/h2-13H,14-16H2,1H3. The van der Waals surface area contributed by atoms with E-state index in [-0.39, 0.29) is 5.97 Å². The topological polar surface area (TPSA) is 88.2 Å². The molecule has 4 rings (SSSR count). The Bertz CT molecular complexity index is 1070. The molecule has 3 aromatic carbocycles. The second-order valence-electron chi connectivity index (χ2n) is 6.77. The summed E-state index contributed by atoms with van der Waals surface area (Å²) in [5.74, 6) is -0.384. The second-order valence-corrected chi connectivity index (χ2v) is 6.77. The molecule has 1 saturated heterocycles. The molecule has 0 spiro atoms. The van der Waals surface area contributed by atoms with E-state index < -0.39 is 0 Å². The molecule has 0 aliphatic carbocycles. The number of hydrogen-bond acceptors (Lipinski definition) is 8. The lowest BCUT2D eigenvalue weighted by Gasteiger charge is -2.15. The van der Waals surface area contributed by atoms with Crippen LogP contribution in [0.1, 0.15) is 10.4 Å². The van der Waals surface area contributed by atoms with E-state index in [1.54, 1.807) is 24.3 Å². The summed E-state index contributed by atoms with van der Waals surface area (Å²) in [6.45, 7) is 2.30. The monoisotopic (exact) mass is 415 g/mol. The maximum absolute atomic E-state index is 11.4. The van der Waals surface area contributed by atoms with E-state index in [4.69, 9.17) is 4.74 Å². The number of esters is 1. The van der Waals surface area contributed by atoms with Gasteiger partial charge in [0.15, 0.2) is 0 Å². The molecule has 8 heteroatoms. The Kier molecular flexibility index (Phi) is 6.39. The minimum atomic E-state index is -0.384. The fourth-order valence-corrected chi connectivity index (χ4v) is 2.95. The van der Waals surface area contributed by atoms with Crippen LogP contribution in [0.2, 0.25) is 0 Å². The van der Waals surface area contributed by atoms with Crippen LogP contribution in [0.4, 0.5) is 28.4 Å². The zero-order chi connectivity index (χ0) is 21.5. The van der Waals surface area contributed by atoms with Crippen molar-refractivity contribution in [3.63, 3.8) is 0 Å². The van der Waals surface area contributed by atoms with Crippen molar-refractivity contribution in [3.8, 4) is 0 Å². The Balaban J connectivity index is 1.35. The second kappa shape index (κ2) is 9.73. The van der Waals surface area contributed by atoms with Gasteiger partial charge in [-0.15, -0.1) is 0 Å². The molecule has 1 aliphatic heterocycles. The molecule has 0 unspecified atom stereocenters. The van der Waals surface area contributed by atoms with Crippen LogP contribution >= 0.6 is 0 Å². The Morgan fingerprint density at radius 1 is 0.774 bits per heavy atom. The molecule has 31 heavy (non-hydrogen) atoms. The molecule has 0 aromatic heterocycles. The van der Waals surface area contributed by atoms with Crippen molar-refractivity contribution in [1.82, 2.24) is 0 Å². The van der Waals surface area contributed by atoms with Gasteiger partial charge in [0.1, 0.15) is 6.73 Å². The summed E-state index contributed by atoms with van der Waals surface area (Å²) in [6, 6.07) is 21.9. The van der Waals surface area contributed by atoms with Crippen molar-refractivity contribution < 1.29 is 14.3 Å². The first kappa shape index (κ1) is 20.4. The van der Waals surface area contributed by atoms with Crippen molar-refractivity contribution in [2.24, 2.45) is 20.5 Å². The minimum absolute atomic E-state index is 0.384. The number of rotatable bonds is 6. The van der Waals surface area contributed by atoms with Crippen LogP contribution in [0.15, 0.2) is 93.3 Å². The lowest BCUT2D eigenvalue weighted by molar-refractivity contribution is 0.0601. The first-order valence-electron chi connectivity index (χ1n) is 9.76. The summed E-state index contributed by atoms with van der Waals surface area (Å²) in [7, 11) is 1.35. The van der Waals surface area contributed by atoms with Crippen molar-refractivity contribution in [2.75, 3.05) is 31.9 Å². The van der Waals surface area contributed by atoms with E-state index in [1.807, 2.05) is 48.5 Å². The van der Waals surface area contributed by atoms with Crippen molar-refractivity contribution >= 4 is 34.4 Å². The molecule has 1 fully saturated rings. The van der Waals surface area contributed by atoms with Gasteiger partial charge in [-0.3, -0.25) is 0 Å². The predicted octanol–water partition coefficient (Wildman–Crippen LogP) is 6.10. The normalized spacial score (nSPS) is 13.9. The van der Waals surface area contributed by atoms with Crippen LogP contribution in [0, 0.1) is 0 Å².